The van der Waals surface area contributed by atoms with Crippen molar-refractivity contribution >= 4 is 5.91 Å². The zero-order valence-corrected chi connectivity index (χ0v) is 11.8. The van der Waals surface area contributed by atoms with Gasteiger partial charge in [-0.25, -0.2) is 0 Å². The van der Waals surface area contributed by atoms with Crippen molar-refractivity contribution in [1.82, 2.24) is 15.1 Å². The molecule has 1 N–H and O–H groups in total. The molecule has 0 saturated carbocycles. The zero-order valence-electron chi connectivity index (χ0n) is 11.8. The Morgan fingerprint density at radius 2 is 2.16 bits per heavy atom. The van der Waals surface area contributed by atoms with E-state index in [2.05, 4.69) is 34.5 Å². The van der Waals surface area contributed by atoms with E-state index in [4.69, 9.17) is 0 Å². The molecule has 1 aliphatic heterocycles. The summed E-state index contributed by atoms with van der Waals surface area (Å²) in [6, 6.07) is 10.9. The van der Waals surface area contributed by atoms with Crippen molar-refractivity contribution in [3.8, 4) is 0 Å². The molecule has 1 atom stereocenters. The van der Waals surface area contributed by atoms with Crippen molar-refractivity contribution in [2.24, 2.45) is 0 Å². The Morgan fingerprint density at radius 1 is 1.42 bits per heavy atom. The second-order valence-electron chi connectivity index (χ2n) is 5.20. The minimum Gasteiger partial charge on any atom is -0.340 e. The molecule has 1 aromatic rings. The first kappa shape index (κ1) is 14.0. The lowest BCUT2D eigenvalue weighted by molar-refractivity contribution is -0.130. The van der Waals surface area contributed by atoms with Crippen LogP contribution in [0.2, 0.25) is 0 Å². The van der Waals surface area contributed by atoms with Crippen molar-refractivity contribution in [1.29, 1.82) is 0 Å². The highest BCUT2D eigenvalue weighted by Gasteiger charge is 2.27. The number of amides is 1. The first-order valence-electron chi connectivity index (χ1n) is 6.87. The van der Waals surface area contributed by atoms with Gasteiger partial charge in [-0.2, -0.15) is 0 Å². The third-order valence-electron chi connectivity index (χ3n) is 3.77. The molecule has 4 heteroatoms. The van der Waals surface area contributed by atoms with E-state index in [1.54, 1.807) is 0 Å². The Balaban J connectivity index is 1.84. The average molecular weight is 261 g/mol. The van der Waals surface area contributed by atoms with Gasteiger partial charge in [0.1, 0.15) is 0 Å². The fraction of sp³-hybridized carbons (Fsp3) is 0.533. The second kappa shape index (κ2) is 6.68. The Morgan fingerprint density at radius 3 is 2.84 bits per heavy atom. The highest BCUT2D eigenvalue weighted by molar-refractivity contribution is 5.78. The SMILES string of the molecule is CNCC(=O)N(C)C1CCN(Cc2ccccc2)C1. The lowest BCUT2D eigenvalue weighted by Crippen LogP contribution is -2.42. The maximum atomic E-state index is 11.8. The number of carbonyl (C=O) groups is 1. The van der Waals surface area contributed by atoms with Gasteiger partial charge in [0.25, 0.3) is 0 Å². The number of likely N-dealkylation sites (tertiary alicyclic amines) is 1. The Hall–Kier alpha value is -1.39. The second-order valence-corrected chi connectivity index (χ2v) is 5.20. The minimum absolute atomic E-state index is 0.175. The summed E-state index contributed by atoms with van der Waals surface area (Å²) >= 11 is 0. The van der Waals surface area contributed by atoms with Crippen LogP contribution in [0.4, 0.5) is 0 Å². The molecule has 1 aromatic carbocycles. The third kappa shape index (κ3) is 3.78. The zero-order chi connectivity index (χ0) is 13.7. The number of hydrogen-bond acceptors (Lipinski definition) is 3. The molecular formula is C15H23N3O. The quantitative estimate of drug-likeness (QED) is 0.857. The summed E-state index contributed by atoms with van der Waals surface area (Å²) in [5.41, 5.74) is 1.34. The monoisotopic (exact) mass is 261 g/mol. The van der Waals surface area contributed by atoms with Gasteiger partial charge in [0.05, 0.1) is 6.54 Å². The van der Waals surface area contributed by atoms with Crippen molar-refractivity contribution in [3.05, 3.63) is 35.9 Å². The van der Waals surface area contributed by atoms with Gasteiger partial charge in [-0.3, -0.25) is 9.69 Å². The van der Waals surface area contributed by atoms with Crippen LogP contribution in [0, 0.1) is 0 Å². The van der Waals surface area contributed by atoms with Crippen LogP contribution in [-0.2, 0) is 11.3 Å². The Kier molecular flexibility index (Phi) is 4.93. The lowest BCUT2D eigenvalue weighted by atomic mass is 10.2. The largest absolute Gasteiger partial charge is 0.340 e. The third-order valence-corrected chi connectivity index (χ3v) is 3.77. The summed E-state index contributed by atoms with van der Waals surface area (Å²) < 4.78 is 0. The van der Waals surface area contributed by atoms with Crippen LogP contribution in [0.5, 0.6) is 0 Å². The van der Waals surface area contributed by atoms with Gasteiger partial charge in [-0.1, -0.05) is 30.3 Å². The predicted octanol–water partition coefficient (Wildman–Crippen LogP) is 0.939. The fourth-order valence-corrected chi connectivity index (χ4v) is 2.59. The number of nitrogens with zero attached hydrogens (tertiary/aromatic N) is 2. The smallest absolute Gasteiger partial charge is 0.236 e. The van der Waals surface area contributed by atoms with E-state index in [0.717, 1.165) is 26.1 Å². The average Bonchev–Trinajstić information content (AvgIpc) is 2.88. The molecule has 0 aromatic heterocycles. The van der Waals surface area contributed by atoms with E-state index in [-0.39, 0.29) is 5.91 Å². The molecule has 0 spiro atoms. The number of rotatable bonds is 5. The molecule has 2 rings (SSSR count). The molecule has 1 saturated heterocycles. The number of hydrogen-bond donors (Lipinski definition) is 1. The van der Waals surface area contributed by atoms with E-state index in [1.165, 1.54) is 5.56 Å². The number of carbonyl (C=O) groups excluding carboxylic acids is 1. The number of benzene rings is 1. The molecule has 0 bridgehead atoms. The fourth-order valence-electron chi connectivity index (χ4n) is 2.59. The summed E-state index contributed by atoms with van der Waals surface area (Å²) in [5, 5.41) is 2.92. The number of nitrogens with one attached hydrogen (secondary N) is 1. The summed E-state index contributed by atoms with van der Waals surface area (Å²) in [6.07, 6.45) is 1.07. The molecule has 1 fully saturated rings. The van der Waals surface area contributed by atoms with Crippen LogP contribution >= 0.6 is 0 Å². The van der Waals surface area contributed by atoms with Gasteiger partial charge < -0.3 is 10.2 Å². The van der Waals surface area contributed by atoms with Crippen LogP contribution in [0.3, 0.4) is 0 Å². The van der Waals surface area contributed by atoms with Crippen LogP contribution in [0.15, 0.2) is 30.3 Å². The Bertz CT molecular complexity index is 407. The van der Waals surface area contributed by atoms with Crippen molar-refractivity contribution in [2.75, 3.05) is 33.7 Å². The van der Waals surface area contributed by atoms with Crippen molar-refractivity contribution < 1.29 is 4.79 Å². The topological polar surface area (TPSA) is 35.6 Å². The Labute approximate surface area is 115 Å². The van der Waals surface area contributed by atoms with Crippen LogP contribution in [-0.4, -0.2) is 55.5 Å². The highest BCUT2D eigenvalue weighted by Crippen LogP contribution is 2.17. The van der Waals surface area contributed by atoms with Crippen LogP contribution < -0.4 is 5.32 Å². The van der Waals surface area contributed by atoms with Gasteiger partial charge in [0.2, 0.25) is 5.91 Å². The summed E-state index contributed by atoms with van der Waals surface area (Å²) in [5.74, 6) is 0.175. The predicted molar refractivity (Wildman–Crippen MR) is 76.8 cm³/mol. The molecule has 19 heavy (non-hydrogen) atoms. The molecule has 0 radical (unpaired) electrons. The van der Waals surface area contributed by atoms with Gasteiger partial charge in [0.15, 0.2) is 0 Å². The van der Waals surface area contributed by atoms with Gasteiger partial charge >= 0.3 is 0 Å². The summed E-state index contributed by atoms with van der Waals surface area (Å²) in [4.78, 5) is 16.2. The van der Waals surface area contributed by atoms with Crippen molar-refractivity contribution in [3.63, 3.8) is 0 Å². The maximum absolute atomic E-state index is 11.8. The molecule has 4 nitrogen and oxygen atoms in total. The van der Waals surface area contributed by atoms with Gasteiger partial charge in [0, 0.05) is 32.7 Å². The van der Waals surface area contributed by atoms with Gasteiger partial charge in [-0.15, -0.1) is 0 Å². The standard InChI is InChI=1S/C15H23N3O/c1-16-10-15(19)17(2)14-8-9-18(12-14)11-13-6-4-3-5-7-13/h3-7,14,16H,8-12H2,1-2H3. The normalized spacial score (nSPS) is 19.6. The van der Waals surface area contributed by atoms with Crippen LogP contribution in [0.1, 0.15) is 12.0 Å². The molecule has 1 amide bonds. The summed E-state index contributed by atoms with van der Waals surface area (Å²) in [6.45, 7) is 3.44. The maximum Gasteiger partial charge on any atom is 0.236 e. The molecule has 104 valence electrons. The molecular weight excluding hydrogens is 238 g/mol. The molecule has 1 aliphatic rings. The lowest BCUT2D eigenvalue weighted by Gasteiger charge is -2.25. The molecule has 0 aliphatic carbocycles. The molecule has 1 unspecified atom stereocenters. The molecule has 1 heterocycles. The van der Waals surface area contributed by atoms with Gasteiger partial charge in [-0.05, 0) is 19.0 Å². The van der Waals surface area contributed by atoms with E-state index in [9.17, 15) is 4.79 Å². The number of likely N-dealkylation sites (N-methyl/N-ethyl adjacent to an activating group) is 2. The van der Waals surface area contributed by atoms with Crippen molar-refractivity contribution in [2.45, 2.75) is 19.0 Å². The minimum atomic E-state index is 0.175. The van der Waals surface area contributed by atoms with E-state index < -0.39 is 0 Å². The van der Waals surface area contributed by atoms with E-state index in [1.807, 2.05) is 25.1 Å². The van der Waals surface area contributed by atoms with E-state index in [0.29, 0.717) is 12.6 Å². The summed E-state index contributed by atoms with van der Waals surface area (Å²) in [7, 11) is 3.72. The first-order valence-corrected chi connectivity index (χ1v) is 6.87. The van der Waals surface area contributed by atoms with E-state index >= 15 is 0 Å². The first-order chi connectivity index (χ1) is 9.20. The highest BCUT2D eigenvalue weighted by atomic mass is 16.2. The van der Waals surface area contributed by atoms with Crippen LogP contribution in [0.25, 0.3) is 0 Å².